The van der Waals surface area contributed by atoms with Crippen molar-refractivity contribution in [3.05, 3.63) is 6.57 Å². The molecular formula is C17H34N2. The Balaban J connectivity index is 0.00000154. The maximum Gasteiger partial charge on any atom is 0.0876 e. The van der Waals surface area contributed by atoms with Crippen LogP contribution in [0.25, 0.3) is 0 Å². The van der Waals surface area contributed by atoms with Gasteiger partial charge in [-0.2, -0.15) is 0 Å². The van der Waals surface area contributed by atoms with Crippen molar-refractivity contribution in [3.8, 4) is 0 Å². The van der Waals surface area contributed by atoms with Crippen LogP contribution in [0.15, 0.2) is 0 Å². The van der Waals surface area contributed by atoms with Gasteiger partial charge < -0.3 is 16.7 Å². The van der Waals surface area contributed by atoms with E-state index in [1.54, 1.807) is 0 Å². The van der Waals surface area contributed by atoms with Crippen molar-refractivity contribution in [2.45, 2.75) is 90.5 Å². The molecule has 1 N–H and O–H groups in total. The zero-order valence-electron chi connectivity index (χ0n) is 13.2. The fourth-order valence-electron chi connectivity index (χ4n) is 3.24. The average Bonchev–Trinajstić information content (AvgIpc) is 2.90. The number of quaternary nitrogens is 1. The van der Waals surface area contributed by atoms with Crippen LogP contribution < -0.4 is 4.90 Å². The molecule has 1 aliphatic heterocycles. The largest absolute Gasteiger partial charge is 0.512 e. The van der Waals surface area contributed by atoms with E-state index in [2.05, 4.69) is 13.8 Å². The Morgan fingerprint density at radius 2 is 1.58 bits per heavy atom. The van der Waals surface area contributed by atoms with Gasteiger partial charge in [0.05, 0.1) is 19.1 Å². The maximum absolute atomic E-state index is 6.25. The van der Waals surface area contributed by atoms with Gasteiger partial charge in [-0.15, -0.1) is 0 Å². The number of unbranched alkanes of at least 4 members (excludes halogenated alkanes) is 6. The molecule has 1 aliphatic rings. The topological polar surface area (TPSA) is 28.2 Å². The SMILES string of the molecule is CCCCCCCC[NH+]1CCCC1CCCC.[C-]#N. The van der Waals surface area contributed by atoms with Gasteiger partial charge in [0.2, 0.25) is 0 Å². The molecule has 0 aromatic heterocycles. The van der Waals surface area contributed by atoms with Crippen molar-refractivity contribution in [2.24, 2.45) is 0 Å². The first-order valence-corrected chi connectivity index (χ1v) is 8.45. The lowest BCUT2D eigenvalue weighted by Gasteiger charge is -2.21. The van der Waals surface area contributed by atoms with E-state index in [9.17, 15) is 0 Å². The van der Waals surface area contributed by atoms with Crippen LogP contribution >= 0.6 is 0 Å². The minimum absolute atomic E-state index is 1.02. The van der Waals surface area contributed by atoms with Crippen LogP contribution in [0, 0.1) is 11.8 Å². The number of hydrogen-bond donors (Lipinski definition) is 1. The molecule has 1 heterocycles. The molecule has 19 heavy (non-hydrogen) atoms. The highest BCUT2D eigenvalue weighted by molar-refractivity contribution is 4.62. The summed E-state index contributed by atoms with van der Waals surface area (Å²) in [5, 5.41) is 6.25. The second kappa shape index (κ2) is 13.9. The third kappa shape index (κ3) is 9.05. The molecule has 0 bridgehead atoms. The van der Waals surface area contributed by atoms with Crippen molar-refractivity contribution < 1.29 is 4.90 Å². The summed E-state index contributed by atoms with van der Waals surface area (Å²) in [4.78, 5) is 1.94. The van der Waals surface area contributed by atoms with Crippen molar-refractivity contribution in [1.82, 2.24) is 0 Å². The number of nitrogens with zero attached hydrogens (tertiary/aromatic N) is 1. The molecule has 1 fully saturated rings. The van der Waals surface area contributed by atoms with Crippen LogP contribution in [0.1, 0.15) is 84.5 Å². The predicted octanol–water partition coefficient (Wildman–Crippen LogP) is 3.68. The zero-order valence-corrected chi connectivity index (χ0v) is 13.2. The van der Waals surface area contributed by atoms with Crippen LogP contribution in [0.2, 0.25) is 0 Å². The summed E-state index contributed by atoms with van der Waals surface area (Å²) in [6.07, 6.45) is 16.0. The summed E-state index contributed by atoms with van der Waals surface area (Å²) in [7, 11) is 0. The van der Waals surface area contributed by atoms with Crippen molar-refractivity contribution >= 4 is 0 Å². The van der Waals surface area contributed by atoms with Crippen molar-refractivity contribution in [3.63, 3.8) is 0 Å². The Kier molecular flexibility index (Phi) is 13.5. The molecule has 0 radical (unpaired) electrons. The summed E-state index contributed by atoms with van der Waals surface area (Å²) >= 11 is 0. The molecule has 0 spiro atoms. The molecule has 112 valence electrons. The average molecular weight is 266 g/mol. The fraction of sp³-hybridized carbons (Fsp3) is 0.941. The van der Waals surface area contributed by atoms with E-state index in [-0.39, 0.29) is 0 Å². The van der Waals surface area contributed by atoms with E-state index < -0.39 is 0 Å². The molecule has 2 heteroatoms. The van der Waals surface area contributed by atoms with E-state index in [0.717, 1.165) is 6.04 Å². The first-order valence-electron chi connectivity index (χ1n) is 8.45. The summed E-state index contributed by atoms with van der Waals surface area (Å²) in [5.41, 5.74) is 0. The Hall–Kier alpha value is -0.550. The monoisotopic (exact) mass is 266 g/mol. The smallest absolute Gasteiger partial charge is 0.0876 e. The summed E-state index contributed by atoms with van der Waals surface area (Å²) in [6, 6.07) is 1.02. The molecule has 0 aromatic rings. The highest BCUT2D eigenvalue weighted by Crippen LogP contribution is 2.09. The Labute approximate surface area is 121 Å². The first-order chi connectivity index (χ1) is 9.38. The van der Waals surface area contributed by atoms with Crippen LogP contribution in [0.4, 0.5) is 0 Å². The third-order valence-corrected chi connectivity index (χ3v) is 4.39. The molecule has 2 nitrogen and oxygen atoms in total. The van der Waals surface area contributed by atoms with E-state index in [4.69, 9.17) is 11.8 Å². The molecule has 2 unspecified atom stereocenters. The van der Waals surface area contributed by atoms with Crippen LogP contribution in [-0.4, -0.2) is 19.1 Å². The van der Waals surface area contributed by atoms with Gasteiger partial charge in [0.15, 0.2) is 0 Å². The normalized spacial score (nSPS) is 21.9. The molecule has 1 saturated heterocycles. The molecule has 0 aromatic carbocycles. The number of hydrogen-bond acceptors (Lipinski definition) is 1. The standard InChI is InChI=1S/C16H33N.CN/c1-3-5-7-8-9-10-14-17-15-11-13-16(17)12-6-4-2;1-2/h16H,3-15H2,1-2H3;/q;-1/p+1. The van der Waals surface area contributed by atoms with Crippen LogP contribution in [0.3, 0.4) is 0 Å². The van der Waals surface area contributed by atoms with E-state index in [1.807, 2.05) is 4.90 Å². The van der Waals surface area contributed by atoms with E-state index in [1.165, 1.54) is 83.7 Å². The molecule has 0 aliphatic carbocycles. The molecule has 2 atom stereocenters. The lowest BCUT2D eigenvalue weighted by Crippen LogP contribution is -3.13. The maximum atomic E-state index is 6.25. The lowest BCUT2D eigenvalue weighted by molar-refractivity contribution is -0.912. The van der Waals surface area contributed by atoms with Crippen molar-refractivity contribution in [1.29, 1.82) is 5.26 Å². The van der Waals surface area contributed by atoms with E-state index >= 15 is 0 Å². The summed E-state index contributed by atoms with van der Waals surface area (Å²) in [6.45, 7) is 12.3. The van der Waals surface area contributed by atoms with Gasteiger partial charge in [-0.05, 0) is 25.7 Å². The molecule has 1 rings (SSSR count). The highest BCUT2D eigenvalue weighted by atomic mass is 15.2. The summed E-state index contributed by atoms with van der Waals surface area (Å²) < 4.78 is 0. The zero-order chi connectivity index (χ0) is 14.3. The van der Waals surface area contributed by atoms with Gasteiger partial charge in [0, 0.05) is 12.8 Å². The van der Waals surface area contributed by atoms with Crippen LogP contribution in [0.5, 0.6) is 0 Å². The Bertz CT molecular complexity index is 201. The second-order valence-corrected chi connectivity index (χ2v) is 5.91. The highest BCUT2D eigenvalue weighted by Gasteiger charge is 2.26. The van der Waals surface area contributed by atoms with Gasteiger partial charge in [-0.1, -0.05) is 46.0 Å². The van der Waals surface area contributed by atoms with Crippen molar-refractivity contribution in [2.75, 3.05) is 13.1 Å². The van der Waals surface area contributed by atoms with Crippen LogP contribution in [-0.2, 0) is 0 Å². The Morgan fingerprint density at radius 3 is 2.26 bits per heavy atom. The lowest BCUT2D eigenvalue weighted by atomic mass is 10.1. The quantitative estimate of drug-likeness (QED) is 0.474. The molecular weight excluding hydrogens is 232 g/mol. The second-order valence-electron chi connectivity index (χ2n) is 5.91. The number of rotatable bonds is 10. The van der Waals surface area contributed by atoms with Gasteiger partial charge in [-0.25, -0.2) is 0 Å². The number of nitrogens with one attached hydrogen (secondary N) is 1. The number of likely N-dealkylation sites (tertiary alicyclic amines) is 1. The van der Waals surface area contributed by atoms with Gasteiger partial charge in [0.1, 0.15) is 0 Å². The molecule has 0 amide bonds. The Morgan fingerprint density at radius 1 is 0.947 bits per heavy atom. The first kappa shape index (κ1) is 18.4. The van der Waals surface area contributed by atoms with Gasteiger partial charge in [-0.3, -0.25) is 0 Å². The molecule has 0 saturated carbocycles. The minimum Gasteiger partial charge on any atom is -0.512 e. The van der Waals surface area contributed by atoms with Gasteiger partial charge >= 0.3 is 0 Å². The summed E-state index contributed by atoms with van der Waals surface area (Å²) in [5.74, 6) is 0. The fourth-order valence-corrected chi connectivity index (χ4v) is 3.24. The predicted molar refractivity (Wildman–Crippen MR) is 81.6 cm³/mol. The minimum atomic E-state index is 1.02. The van der Waals surface area contributed by atoms with Gasteiger partial charge in [0.25, 0.3) is 0 Å². The third-order valence-electron chi connectivity index (χ3n) is 4.39. The van der Waals surface area contributed by atoms with E-state index in [0.29, 0.717) is 0 Å².